The predicted octanol–water partition coefficient (Wildman–Crippen LogP) is 2.53. The van der Waals surface area contributed by atoms with Gasteiger partial charge in [-0.05, 0) is 40.2 Å². The molecule has 1 heterocycles. The van der Waals surface area contributed by atoms with Crippen LogP contribution >= 0.6 is 15.9 Å². The van der Waals surface area contributed by atoms with E-state index in [9.17, 15) is 9.18 Å². The molecule has 0 aliphatic heterocycles. The summed E-state index contributed by atoms with van der Waals surface area (Å²) in [5, 5.41) is 13.7. The first kappa shape index (κ1) is 14.1. The number of hydrogen-bond acceptors (Lipinski definition) is 4. The number of benzene rings is 1. The highest BCUT2D eigenvalue weighted by atomic mass is 79.9. The fourth-order valence-electron chi connectivity index (χ4n) is 1.48. The number of furan rings is 1. The second-order valence-electron chi connectivity index (χ2n) is 3.74. The fourth-order valence-corrected chi connectivity index (χ4v) is 1.90. The number of rotatable bonds is 3. The lowest BCUT2D eigenvalue weighted by atomic mass is 10.1. The predicted molar refractivity (Wildman–Crippen MR) is 73.3 cm³/mol. The Morgan fingerprint density at radius 2 is 2.20 bits per heavy atom. The van der Waals surface area contributed by atoms with Crippen molar-refractivity contribution in [2.24, 2.45) is 10.9 Å². The number of hydrogen-bond donors (Lipinski definition) is 3. The highest BCUT2D eigenvalue weighted by Gasteiger charge is 2.15. The number of amides is 1. The molecular weight excluding hydrogens is 333 g/mol. The van der Waals surface area contributed by atoms with Crippen LogP contribution in [0.3, 0.4) is 0 Å². The van der Waals surface area contributed by atoms with Crippen LogP contribution in [0, 0.1) is 5.82 Å². The van der Waals surface area contributed by atoms with Crippen molar-refractivity contribution < 1.29 is 18.8 Å². The van der Waals surface area contributed by atoms with Crippen molar-refractivity contribution in [2.45, 2.75) is 0 Å². The quantitative estimate of drug-likeness (QED) is 0.345. The molecule has 104 valence electrons. The van der Waals surface area contributed by atoms with Gasteiger partial charge < -0.3 is 20.7 Å². The van der Waals surface area contributed by atoms with Crippen LogP contribution in [0.15, 0.2) is 44.8 Å². The van der Waals surface area contributed by atoms with Gasteiger partial charge in [-0.1, -0.05) is 5.16 Å². The maximum Gasteiger partial charge on any atom is 0.260 e. The van der Waals surface area contributed by atoms with E-state index in [1.54, 1.807) is 0 Å². The lowest BCUT2D eigenvalue weighted by Crippen LogP contribution is -2.15. The number of nitrogens with two attached hydrogens (primary N) is 1. The molecule has 0 bridgehead atoms. The molecule has 0 atom stereocenters. The second-order valence-corrected chi connectivity index (χ2v) is 4.46. The zero-order valence-corrected chi connectivity index (χ0v) is 11.5. The maximum absolute atomic E-state index is 13.8. The molecule has 1 aromatic heterocycles. The van der Waals surface area contributed by atoms with Crippen molar-refractivity contribution in [3.63, 3.8) is 0 Å². The summed E-state index contributed by atoms with van der Waals surface area (Å²) in [7, 11) is 0. The van der Waals surface area contributed by atoms with Crippen LogP contribution in [0.1, 0.15) is 15.9 Å². The molecule has 0 saturated heterocycles. The van der Waals surface area contributed by atoms with E-state index < -0.39 is 11.7 Å². The smallest absolute Gasteiger partial charge is 0.260 e. The second kappa shape index (κ2) is 5.74. The molecule has 6 nitrogen and oxygen atoms in total. The summed E-state index contributed by atoms with van der Waals surface area (Å²) in [5.41, 5.74) is 5.75. The Kier molecular flexibility index (Phi) is 4.04. The summed E-state index contributed by atoms with van der Waals surface area (Å²) in [6.07, 6.45) is 1.33. The van der Waals surface area contributed by atoms with Gasteiger partial charge in [0, 0.05) is 5.56 Å². The van der Waals surface area contributed by atoms with Crippen LogP contribution in [-0.4, -0.2) is 17.0 Å². The number of halogens is 2. The monoisotopic (exact) mass is 341 g/mol. The molecule has 0 fully saturated rings. The van der Waals surface area contributed by atoms with E-state index in [1.807, 2.05) is 0 Å². The lowest BCUT2D eigenvalue weighted by Gasteiger charge is -2.07. The summed E-state index contributed by atoms with van der Waals surface area (Å²) >= 11 is 3.06. The third kappa shape index (κ3) is 2.80. The molecular formula is C12H9BrFN3O3. The summed E-state index contributed by atoms with van der Waals surface area (Å²) in [5.74, 6) is -1.46. The molecule has 2 aromatic rings. The Balaban J connectivity index is 2.23. The van der Waals surface area contributed by atoms with Crippen LogP contribution in [0.5, 0.6) is 0 Å². The van der Waals surface area contributed by atoms with Gasteiger partial charge in [-0.15, -0.1) is 0 Å². The normalized spacial score (nSPS) is 11.4. The molecule has 0 radical (unpaired) electrons. The standard InChI is InChI=1S/C12H9BrFN3O3/c13-10-7(3-4-20-10)12(18)16-9-2-1-6(5-8(9)14)11(15)17-19/h1-5,19H,(H2,15,17)(H,16,18). The number of nitrogens with zero attached hydrogens (tertiary/aromatic N) is 1. The minimum absolute atomic E-state index is 0.0300. The highest BCUT2D eigenvalue weighted by molar-refractivity contribution is 9.10. The number of carbonyl (C=O) groups excluding carboxylic acids is 1. The Morgan fingerprint density at radius 1 is 1.45 bits per heavy atom. The summed E-state index contributed by atoms with van der Waals surface area (Å²) in [6.45, 7) is 0. The van der Waals surface area contributed by atoms with E-state index in [0.29, 0.717) is 0 Å². The van der Waals surface area contributed by atoms with Gasteiger partial charge >= 0.3 is 0 Å². The SMILES string of the molecule is N/C(=N/O)c1ccc(NC(=O)c2ccoc2Br)c(F)c1. The minimum Gasteiger partial charge on any atom is -0.457 e. The van der Waals surface area contributed by atoms with Crippen LogP contribution in [-0.2, 0) is 0 Å². The zero-order chi connectivity index (χ0) is 14.7. The largest absolute Gasteiger partial charge is 0.457 e. The number of oxime groups is 1. The van der Waals surface area contributed by atoms with Crippen LogP contribution < -0.4 is 11.1 Å². The molecule has 8 heteroatoms. The van der Waals surface area contributed by atoms with E-state index in [1.165, 1.54) is 24.5 Å². The van der Waals surface area contributed by atoms with Crippen LogP contribution in [0.4, 0.5) is 10.1 Å². The molecule has 0 aliphatic carbocycles. The summed E-state index contributed by atoms with van der Waals surface area (Å²) in [6, 6.07) is 5.23. The van der Waals surface area contributed by atoms with E-state index in [0.717, 1.165) is 6.07 Å². The average Bonchev–Trinajstić information content (AvgIpc) is 2.86. The van der Waals surface area contributed by atoms with Crippen molar-refractivity contribution in [1.29, 1.82) is 0 Å². The number of anilines is 1. The van der Waals surface area contributed by atoms with Gasteiger partial charge in [-0.2, -0.15) is 0 Å². The number of amidine groups is 1. The minimum atomic E-state index is -0.706. The van der Waals surface area contributed by atoms with Crippen molar-refractivity contribution in [2.75, 3.05) is 5.32 Å². The van der Waals surface area contributed by atoms with Gasteiger partial charge in [0.1, 0.15) is 5.82 Å². The Labute approximate surface area is 121 Å². The molecule has 0 saturated carbocycles. The third-order valence-corrected chi connectivity index (χ3v) is 3.10. The molecule has 1 amide bonds. The van der Waals surface area contributed by atoms with Gasteiger partial charge in [-0.25, -0.2) is 4.39 Å². The van der Waals surface area contributed by atoms with Crippen molar-refractivity contribution in [3.8, 4) is 0 Å². The van der Waals surface area contributed by atoms with Gasteiger partial charge in [0.2, 0.25) is 0 Å². The Bertz CT molecular complexity index is 684. The van der Waals surface area contributed by atoms with Gasteiger partial charge in [-0.3, -0.25) is 4.79 Å². The lowest BCUT2D eigenvalue weighted by molar-refractivity contribution is 0.102. The van der Waals surface area contributed by atoms with E-state index in [4.69, 9.17) is 15.4 Å². The molecule has 0 aliphatic rings. The van der Waals surface area contributed by atoms with Crippen molar-refractivity contribution in [1.82, 2.24) is 0 Å². The molecule has 4 N–H and O–H groups in total. The van der Waals surface area contributed by atoms with E-state index in [-0.39, 0.29) is 27.3 Å². The first-order valence-corrected chi connectivity index (χ1v) is 6.14. The molecule has 20 heavy (non-hydrogen) atoms. The van der Waals surface area contributed by atoms with Gasteiger partial charge in [0.15, 0.2) is 10.5 Å². The van der Waals surface area contributed by atoms with Gasteiger partial charge in [0.05, 0.1) is 17.5 Å². The molecule has 2 rings (SSSR count). The first-order chi connectivity index (χ1) is 9.52. The molecule has 0 unspecified atom stereocenters. The highest BCUT2D eigenvalue weighted by Crippen LogP contribution is 2.21. The van der Waals surface area contributed by atoms with Gasteiger partial charge in [0.25, 0.3) is 5.91 Å². The van der Waals surface area contributed by atoms with E-state index in [2.05, 4.69) is 26.4 Å². The average molecular weight is 342 g/mol. The molecule has 1 aromatic carbocycles. The van der Waals surface area contributed by atoms with Crippen molar-refractivity contribution in [3.05, 3.63) is 52.1 Å². The topological polar surface area (TPSA) is 101 Å². The Hall–Kier alpha value is -2.35. The van der Waals surface area contributed by atoms with Crippen molar-refractivity contribution >= 4 is 33.4 Å². The van der Waals surface area contributed by atoms with Crippen LogP contribution in [0.25, 0.3) is 0 Å². The van der Waals surface area contributed by atoms with Crippen LogP contribution in [0.2, 0.25) is 0 Å². The first-order valence-electron chi connectivity index (χ1n) is 5.34. The number of nitrogens with one attached hydrogen (secondary N) is 1. The third-order valence-electron chi connectivity index (χ3n) is 2.48. The number of carbonyl (C=O) groups is 1. The maximum atomic E-state index is 13.8. The van der Waals surface area contributed by atoms with E-state index >= 15 is 0 Å². The Morgan fingerprint density at radius 3 is 2.75 bits per heavy atom. The summed E-state index contributed by atoms with van der Waals surface area (Å²) < 4.78 is 19.0. The molecule has 0 spiro atoms. The zero-order valence-electron chi connectivity index (χ0n) is 9.93. The fraction of sp³-hybridized carbons (Fsp3) is 0. The summed E-state index contributed by atoms with van der Waals surface area (Å²) in [4.78, 5) is 11.9.